The van der Waals surface area contributed by atoms with E-state index in [1.807, 2.05) is 0 Å². The molecule has 2 amide bonds. The van der Waals surface area contributed by atoms with Crippen LogP contribution in [0, 0.1) is 10.1 Å². The van der Waals surface area contributed by atoms with Gasteiger partial charge >= 0.3 is 17.9 Å². The third kappa shape index (κ3) is 4.54. The summed E-state index contributed by atoms with van der Waals surface area (Å²) in [7, 11) is 0. The molecule has 1 N–H and O–H groups in total. The largest absolute Gasteiger partial charge is 0.401 e. The van der Waals surface area contributed by atoms with Gasteiger partial charge in [0.05, 0.1) is 11.5 Å². The molecule has 1 aliphatic heterocycles. The number of piperazine rings is 1. The highest BCUT2D eigenvalue weighted by molar-refractivity contribution is 5.91. The van der Waals surface area contributed by atoms with Gasteiger partial charge in [-0.15, -0.1) is 0 Å². The van der Waals surface area contributed by atoms with Gasteiger partial charge in [-0.05, 0) is 13.0 Å². The number of nitrogens with one attached hydrogen (secondary N) is 1. The summed E-state index contributed by atoms with van der Waals surface area (Å²) in [5.74, 6) is 0. The Kier molecular flexibility index (Phi) is 5.22. The quantitative estimate of drug-likeness (QED) is 0.668. The molecule has 0 saturated carbocycles. The maximum atomic E-state index is 12.5. The van der Waals surface area contributed by atoms with E-state index in [-0.39, 0.29) is 31.0 Å². The molecule has 24 heavy (non-hydrogen) atoms. The normalized spacial score (nSPS) is 19.2. The minimum absolute atomic E-state index is 0.00891. The smallest absolute Gasteiger partial charge is 0.322 e. The van der Waals surface area contributed by atoms with Crippen LogP contribution < -0.4 is 5.32 Å². The molecule has 1 fully saturated rings. The Balaban J connectivity index is 1.99. The van der Waals surface area contributed by atoms with Crippen LogP contribution in [0.15, 0.2) is 18.5 Å². The van der Waals surface area contributed by atoms with E-state index >= 15 is 0 Å². The maximum Gasteiger partial charge on any atom is 0.401 e. The highest BCUT2D eigenvalue weighted by Crippen LogP contribution is 2.23. The van der Waals surface area contributed by atoms with Crippen molar-refractivity contribution >= 4 is 17.4 Å². The number of rotatable bonds is 3. The van der Waals surface area contributed by atoms with Crippen LogP contribution in [0.3, 0.4) is 0 Å². The van der Waals surface area contributed by atoms with Gasteiger partial charge in [-0.25, -0.2) is 4.79 Å². The van der Waals surface area contributed by atoms with E-state index in [2.05, 4.69) is 10.3 Å². The molecular weight excluding hydrogens is 331 g/mol. The maximum absolute atomic E-state index is 12.5. The van der Waals surface area contributed by atoms with Gasteiger partial charge in [-0.2, -0.15) is 13.2 Å². The van der Waals surface area contributed by atoms with Crippen molar-refractivity contribution in [2.45, 2.75) is 19.1 Å². The average Bonchev–Trinajstić information content (AvgIpc) is 2.48. The summed E-state index contributed by atoms with van der Waals surface area (Å²) in [6, 6.07) is 0.223. The van der Waals surface area contributed by atoms with Crippen molar-refractivity contribution in [1.29, 1.82) is 0 Å². The molecule has 0 aliphatic carbocycles. The number of amides is 2. The van der Waals surface area contributed by atoms with E-state index in [1.165, 1.54) is 22.1 Å². The molecule has 1 saturated heterocycles. The van der Waals surface area contributed by atoms with Gasteiger partial charge in [0.15, 0.2) is 0 Å². The second kappa shape index (κ2) is 6.99. The van der Waals surface area contributed by atoms with Gasteiger partial charge in [0.25, 0.3) is 0 Å². The topological polar surface area (TPSA) is 91.6 Å². The SMILES string of the molecule is C[C@H]1CN(C(=O)Nc2ccncc2[N+](=O)[O-])CCN1CC(F)(F)F. The molecule has 0 radical (unpaired) electrons. The first-order valence-corrected chi connectivity index (χ1v) is 7.12. The number of anilines is 1. The zero-order chi connectivity index (χ0) is 17.9. The van der Waals surface area contributed by atoms with Gasteiger partial charge in [0.2, 0.25) is 0 Å². The first kappa shape index (κ1) is 17.9. The number of urea groups is 1. The van der Waals surface area contributed by atoms with Gasteiger partial charge in [-0.3, -0.25) is 20.0 Å². The Morgan fingerprint density at radius 1 is 1.50 bits per heavy atom. The van der Waals surface area contributed by atoms with Crippen molar-refractivity contribution in [3.05, 3.63) is 28.6 Å². The molecule has 11 heteroatoms. The highest BCUT2D eigenvalue weighted by atomic mass is 19.4. The summed E-state index contributed by atoms with van der Waals surface area (Å²) in [6.07, 6.45) is -1.98. The Morgan fingerprint density at radius 2 is 2.21 bits per heavy atom. The number of carbonyl (C=O) groups is 1. The molecule has 132 valence electrons. The van der Waals surface area contributed by atoms with Crippen LogP contribution in [0.25, 0.3) is 0 Å². The molecule has 1 aromatic heterocycles. The summed E-state index contributed by atoms with van der Waals surface area (Å²) < 4.78 is 37.4. The highest BCUT2D eigenvalue weighted by Gasteiger charge is 2.36. The molecular formula is C13H16F3N5O3. The Hall–Kier alpha value is -2.43. The Morgan fingerprint density at radius 3 is 2.79 bits per heavy atom. The third-order valence-corrected chi connectivity index (χ3v) is 3.67. The van der Waals surface area contributed by atoms with Crippen molar-refractivity contribution in [2.24, 2.45) is 0 Å². The molecule has 1 aromatic rings. The van der Waals surface area contributed by atoms with E-state index in [4.69, 9.17) is 0 Å². The van der Waals surface area contributed by atoms with Crippen LogP contribution in [0.5, 0.6) is 0 Å². The van der Waals surface area contributed by atoms with Gasteiger partial charge in [-0.1, -0.05) is 0 Å². The molecule has 0 bridgehead atoms. The molecule has 1 atom stereocenters. The van der Waals surface area contributed by atoms with E-state index in [0.29, 0.717) is 0 Å². The first-order chi connectivity index (χ1) is 11.2. The van der Waals surface area contributed by atoms with Crippen molar-refractivity contribution in [2.75, 3.05) is 31.5 Å². The molecule has 1 aliphatic rings. The lowest BCUT2D eigenvalue weighted by molar-refractivity contribution is -0.384. The van der Waals surface area contributed by atoms with Crippen LogP contribution in [-0.2, 0) is 0 Å². The molecule has 2 heterocycles. The number of halogens is 3. The van der Waals surface area contributed by atoms with Crippen LogP contribution in [0.2, 0.25) is 0 Å². The number of hydrogen-bond donors (Lipinski definition) is 1. The van der Waals surface area contributed by atoms with E-state index < -0.39 is 29.7 Å². The lowest BCUT2D eigenvalue weighted by Gasteiger charge is -2.39. The minimum atomic E-state index is -4.30. The van der Waals surface area contributed by atoms with E-state index in [0.717, 1.165) is 6.20 Å². The summed E-state index contributed by atoms with van der Waals surface area (Å²) >= 11 is 0. The van der Waals surface area contributed by atoms with Gasteiger partial charge in [0.1, 0.15) is 11.9 Å². The summed E-state index contributed by atoms with van der Waals surface area (Å²) in [5, 5.41) is 13.3. The molecule has 0 unspecified atom stereocenters. The fourth-order valence-electron chi connectivity index (χ4n) is 2.48. The van der Waals surface area contributed by atoms with Crippen molar-refractivity contribution in [3.63, 3.8) is 0 Å². The standard InChI is InChI=1S/C13H16F3N5O3/c1-9-7-19(4-5-20(9)8-13(14,15)16)12(22)18-10-2-3-17-6-11(10)21(23)24/h2-3,6,9H,4-5,7-8H2,1H3,(H,17,18,22)/t9-/m0/s1. The zero-order valence-electron chi connectivity index (χ0n) is 12.8. The molecule has 0 aromatic carbocycles. The zero-order valence-corrected chi connectivity index (χ0v) is 12.8. The van der Waals surface area contributed by atoms with E-state index in [1.54, 1.807) is 6.92 Å². The number of nitrogens with zero attached hydrogens (tertiary/aromatic N) is 4. The van der Waals surface area contributed by atoms with Crippen molar-refractivity contribution in [3.8, 4) is 0 Å². The molecule has 0 spiro atoms. The first-order valence-electron chi connectivity index (χ1n) is 7.12. The number of aromatic nitrogens is 1. The predicted octanol–water partition coefficient (Wildman–Crippen LogP) is 2.09. The Labute approximate surface area is 135 Å². The number of nitro groups is 1. The number of hydrogen-bond acceptors (Lipinski definition) is 5. The monoisotopic (exact) mass is 347 g/mol. The fourth-order valence-corrected chi connectivity index (χ4v) is 2.48. The van der Waals surface area contributed by atoms with Crippen LogP contribution in [-0.4, -0.2) is 64.1 Å². The van der Waals surface area contributed by atoms with Crippen molar-refractivity contribution in [1.82, 2.24) is 14.8 Å². The molecule has 8 nitrogen and oxygen atoms in total. The van der Waals surface area contributed by atoms with Gasteiger partial charge in [0, 0.05) is 31.9 Å². The second-order valence-electron chi connectivity index (χ2n) is 5.46. The van der Waals surface area contributed by atoms with Crippen LogP contribution in [0.1, 0.15) is 6.92 Å². The summed E-state index contributed by atoms with van der Waals surface area (Å²) in [4.78, 5) is 28.6. The van der Waals surface area contributed by atoms with E-state index in [9.17, 15) is 28.1 Å². The number of carbonyl (C=O) groups excluding carboxylic acids is 1. The predicted molar refractivity (Wildman–Crippen MR) is 78.6 cm³/mol. The lowest BCUT2D eigenvalue weighted by atomic mass is 10.2. The second-order valence-corrected chi connectivity index (χ2v) is 5.46. The van der Waals surface area contributed by atoms with Crippen LogP contribution >= 0.6 is 0 Å². The van der Waals surface area contributed by atoms with Crippen molar-refractivity contribution < 1.29 is 22.9 Å². The lowest BCUT2D eigenvalue weighted by Crippen LogP contribution is -2.56. The van der Waals surface area contributed by atoms with Gasteiger partial charge < -0.3 is 10.2 Å². The minimum Gasteiger partial charge on any atom is -0.322 e. The fraction of sp³-hybridized carbons (Fsp3) is 0.538. The van der Waals surface area contributed by atoms with Crippen LogP contribution in [0.4, 0.5) is 29.3 Å². The summed E-state index contributed by atoms with van der Waals surface area (Å²) in [5.41, 5.74) is -0.361. The third-order valence-electron chi connectivity index (χ3n) is 3.67. The molecule has 2 rings (SSSR count). The summed E-state index contributed by atoms with van der Waals surface area (Å²) in [6.45, 7) is 0.845. The number of pyridine rings is 1. The Bertz CT molecular complexity index is 625. The number of alkyl halides is 3. The average molecular weight is 347 g/mol.